The van der Waals surface area contributed by atoms with Gasteiger partial charge in [-0.3, -0.25) is 9.69 Å². The highest BCUT2D eigenvalue weighted by Gasteiger charge is 2.31. The van der Waals surface area contributed by atoms with Crippen LogP contribution in [0.1, 0.15) is 11.6 Å². The van der Waals surface area contributed by atoms with Crippen LogP contribution in [-0.2, 0) is 4.79 Å². The number of likely N-dealkylation sites (N-methyl/N-ethyl adjacent to an activating group) is 1. The molecule has 0 aliphatic carbocycles. The quantitative estimate of drug-likeness (QED) is 0.788. The van der Waals surface area contributed by atoms with Crippen LogP contribution < -0.4 is 9.64 Å². The second-order valence-corrected chi connectivity index (χ2v) is 7.01. The van der Waals surface area contributed by atoms with Crippen LogP contribution in [0.2, 0.25) is 0 Å². The molecule has 1 saturated heterocycles. The number of rotatable bonds is 5. The molecule has 0 saturated carbocycles. The molecule has 1 aliphatic rings. The van der Waals surface area contributed by atoms with Crippen LogP contribution in [0.15, 0.2) is 42.5 Å². The number of ether oxygens (including phenoxy) is 1. The van der Waals surface area contributed by atoms with E-state index in [1.54, 1.807) is 19.0 Å². The number of amides is 1. The summed E-state index contributed by atoms with van der Waals surface area (Å²) in [6.07, 6.45) is 0. The highest BCUT2D eigenvalue weighted by atomic mass is 19.1. The molecule has 1 unspecified atom stereocenters. The predicted molar refractivity (Wildman–Crippen MR) is 105 cm³/mol. The number of halogens is 2. The Morgan fingerprint density at radius 1 is 1.04 bits per heavy atom. The first-order valence-corrected chi connectivity index (χ1v) is 9.20. The molecule has 5 nitrogen and oxygen atoms in total. The van der Waals surface area contributed by atoms with Crippen molar-refractivity contribution in [3.8, 4) is 5.75 Å². The Balaban J connectivity index is 1.77. The summed E-state index contributed by atoms with van der Waals surface area (Å²) in [4.78, 5) is 18.4. The van der Waals surface area contributed by atoms with E-state index in [9.17, 15) is 13.6 Å². The van der Waals surface area contributed by atoms with Crippen molar-refractivity contribution in [2.75, 3.05) is 52.3 Å². The maximum absolute atomic E-state index is 14.0. The van der Waals surface area contributed by atoms with E-state index in [0.29, 0.717) is 31.9 Å². The first kappa shape index (κ1) is 20.1. The molecule has 28 heavy (non-hydrogen) atoms. The van der Waals surface area contributed by atoms with Crippen LogP contribution in [0, 0.1) is 11.6 Å². The number of carbonyl (C=O) groups is 1. The molecule has 1 fully saturated rings. The van der Waals surface area contributed by atoms with Crippen LogP contribution in [0.3, 0.4) is 0 Å². The summed E-state index contributed by atoms with van der Waals surface area (Å²) in [7, 11) is 4.74. The largest absolute Gasteiger partial charge is 0.491 e. The molecular formula is C21H25F2N3O2. The van der Waals surface area contributed by atoms with Crippen molar-refractivity contribution in [3.05, 3.63) is 59.7 Å². The Hall–Kier alpha value is -2.67. The van der Waals surface area contributed by atoms with E-state index < -0.39 is 11.6 Å². The van der Waals surface area contributed by atoms with Crippen molar-refractivity contribution in [2.45, 2.75) is 6.04 Å². The summed E-state index contributed by atoms with van der Waals surface area (Å²) < 4.78 is 32.8. The highest BCUT2D eigenvalue weighted by Crippen LogP contribution is 2.30. The van der Waals surface area contributed by atoms with Gasteiger partial charge in [-0.05, 0) is 5.56 Å². The normalized spacial score (nSPS) is 16.0. The van der Waals surface area contributed by atoms with E-state index in [0.717, 1.165) is 5.56 Å². The highest BCUT2D eigenvalue weighted by molar-refractivity contribution is 5.83. The zero-order valence-electron chi connectivity index (χ0n) is 16.4. The van der Waals surface area contributed by atoms with Gasteiger partial charge in [-0.1, -0.05) is 30.3 Å². The molecule has 0 bridgehead atoms. The van der Waals surface area contributed by atoms with Gasteiger partial charge in [0.2, 0.25) is 5.91 Å². The zero-order chi connectivity index (χ0) is 20.3. The minimum absolute atomic E-state index is 0.0150. The Morgan fingerprint density at radius 3 is 2.11 bits per heavy atom. The standard InChI is InChI=1S/C21H25F2N3O2/c1-24(2)21(27)19(15-7-5-4-6-8-15)26-11-9-25(10-12-26)16-13-17(22)20(28-3)18(23)14-16/h4-8,13-14,19H,9-12H2,1-3H3. The minimum Gasteiger partial charge on any atom is -0.491 e. The minimum atomic E-state index is -0.718. The fraction of sp³-hybridized carbons (Fsp3) is 0.381. The third kappa shape index (κ3) is 4.09. The van der Waals surface area contributed by atoms with Gasteiger partial charge in [-0.15, -0.1) is 0 Å². The SMILES string of the molecule is COc1c(F)cc(N2CCN(C(C(=O)N(C)C)c3ccccc3)CC2)cc1F. The summed E-state index contributed by atoms with van der Waals surface area (Å²) in [5, 5.41) is 0. The number of anilines is 1. The molecule has 1 heterocycles. The molecule has 0 spiro atoms. The molecule has 3 rings (SSSR count). The molecule has 1 aliphatic heterocycles. The van der Waals surface area contributed by atoms with Gasteiger partial charge < -0.3 is 14.5 Å². The van der Waals surface area contributed by atoms with Crippen molar-refractivity contribution in [1.82, 2.24) is 9.80 Å². The van der Waals surface area contributed by atoms with Crippen LogP contribution in [0.5, 0.6) is 5.75 Å². The van der Waals surface area contributed by atoms with Gasteiger partial charge in [0.25, 0.3) is 0 Å². The van der Waals surface area contributed by atoms with Gasteiger partial charge in [-0.25, -0.2) is 8.78 Å². The number of methoxy groups -OCH3 is 1. The average molecular weight is 389 g/mol. The van der Waals surface area contributed by atoms with E-state index in [-0.39, 0.29) is 17.7 Å². The topological polar surface area (TPSA) is 36.0 Å². The van der Waals surface area contributed by atoms with Crippen LogP contribution in [0.25, 0.3) is 0 Å². The van der Waals surface area contributed by atoms with E-state index in [2.05, 4.69) is 4.90 Å². The molecular weight excluding hydrogens is 364 g/mol. The van der Waals surface area contributed by atoms with Gasteiger partial charge in [0.15, 0.2) is 17.4 Å². The van der Waals surface area contributed by atoms with Gasteiger partial charge in [0.1, 0.15) is 6.04 Å². The maximum Gasteiger partial charge on any atom is 0.244 e. The number of hydrogen-bond acceptors (Lipinski definition) is 4. The van der Waals surface area contributed by atoms with E-state index in [4.69, 9.17) is 4.74 Å². The fourth-order valence-electron chi connectivity index (χ4n) is 3.55. The number of piperazine rings is 1. The first-order chi connectivity index (χ1) is 13.4. The monoisotopic (exact) mass is 389 g/mol. The summed E-state index contributed by atoms with van der Waals surface area (Å²) in [6.45, 7) is 2.34. The van der Waals surface area contributed by atoms with E-state index in [1.165, 1.54) is 19.2 Å². The van der Waals surface area contributed by atoms with Gasteiger partial charge in [0, 0.05) is 58.1 Å². The Labute approximate surface area is 164 Å². The molecule has 0 radical (unpaired) electrons. The van der Waals surface area contributed by atoms with Crippen molar-refractivity contribution in [2.24, 2.45) is 0 Å². The summed E-state index contributed by atoms with van der Waals surface area (Å²) in [5.74, 6) is -1.79. The lowest BCUT2D eigenvalue weighted by atomic mass is 10.0. The number of hydrogen-bond donors (Lipinski definition) is 0. The lowest BCUT2D eigenvalue weighted by Gasteiger charge is -2.40. The molecule has 7 heteroatoms. The molecule has 1 amide bonds. The third-order valence-corrected chi connectivity index (χ3v) is 5.02. The number of nitrogens with zero attached hydrogens (tertiary/aromatic N) is 3. The van der Waals surface area contributed by atoms with E-state index >= 15 is 0 Å². The first-order valence-electron chi connectivity index (χ1n) is 9.20. The lowest BCUT2D eigenvalue weighted by molar-refractivity contribution is -0.134. The summed E-state index contributed by atoms with van der Waals surface area (Å²) in [5.41, 5.74) is 1.42. The Bertz CT molecular complexity index is 799. The van der Waals surface area contributed by atoms with Gasteiger partial charge >= 0.3 is 0 Å². The molecule has 1 atom stereocenters. The van der Waals surface area contributed by atoms with Crippen molar-refractivity contribution >= 4 is 11.6 Å². The van der Waals surface area contributed by atoms with Crippen molar-refractivity contribution in [3.63, 3.8) is 0 Å². The summed E-state index contributed by atoms with van der Waals surface area (Å²) >= 11 is 0. The average Bonchev–Trinajstić information content (AvgIpc) is 2.69. The van der Waals surface area contributed by atoms with Gasteiger partial charge in [0.05, 0.1) is 7.11 Å². The second kappa shape index (κ2) is 8.56. The Kier molecular flexibility index (Phi) is 6.14. The predicted octanol–water partition coefficient (Wildman–Crippen LogP) is 2.92. The van der Waals surface area contributed by atoms with E-state index in [1.807, 2.05) is 35.2 Å². The smallest absolute Gasteiger partial charge is 0.244 e. The van der Waals surface area contributed by atoms with Crippen LogP contribution >= 0.6 is 0 Å². The fourth-order valence-corrected chi connectivity index (χ4v) is 3.55. The van der Waals surface area contributed by atoms with Crippen LogP contribution in [-0.4, -0.2) is 63.1 Å². The number of benzene rings is 2. The molecule has 2 aromatic rings. The molecule has 2 aromatic carbocycles. The Morgan fingerprint density at radius 2 is 1.61 bits per heavy atom. The molecule has 150 valence electrons. The van der Waals surface area contributed by atoms with Crippen LogP contribution in [0.4, 0.5) is 14.5 Å². The molecule has 0 aromatic heterocycles. The van der Waals surface area contributed by atoms with Crippen molar-refractivity contribution < 1.29 is 18.3 Å². The zero-order valence-corrected chi connectivity index (χ0v) is 16.4. The second-order valence-electron chi connectivity index (χ2n) is 7.01. The third-order valence-electron chi connectivity index (χ3n) is 5.02. The lowest BCUT2D eigenvalue weighted by Crippen LogP contribution is -2.51. The number of carbonyl (C=O) groups excluding carboxylic acids is 1. The van der Waals surface area contributed by atoms with Crippen molar-refractivity contribution in [1.29, 1.82) is 0 Å². The maximum atomic E-state index is 14.0. The van der Waals surface area contributed by atoms with Gasteiger partial charge in [-0.2, -0.15) is 0 Å². The molecule has 0 N–H and O–H groups in total. The summed E-state index contributed by atoms with van der Waals surface area (Å²) in [6, 6.07) is 11.9.